The van der Waals surface area contributed by atoms with Gasteiger partial charge in [0, 0.05) is 5.69 Å². The zero-order valence-electron chi connectivity index (χ0n) is 16.1. The highest BCUT2D eigenvalue weighted by atomic mass is 32.2. The van der Waals surface area contributed by atoms with Crippen molar-refractivity contribution in [2.75, 3.05) is 5.32 Å². The monoisotopic (exact) mass is 430 g/mol. The Labute approximate surface area is 173 Å². The van der Waals surface area contributed by atoms with Gasteiger partial charge in [-0.2, -0.15) is 4.72 Å². The van der Waals surface area contributed by atoms with Crippen molar-refractivity contribution < 1.29 is 22.0 Å². The summed E-state index contributed by atoms with van der Waals surface area (Å²) in [6.07, 6.45) is 0.0225. The Morgan fingerprint density at radius 1 is 0.933 bits per heavy atom. The van der Waals surface area contributed by atoms with Crippen molar-refractivity contribution in [3.05, 3.63) is 95.6 Å². The fraction of sp³-hybridized carbons (Fsp3) is 0.136. The van der Waals surface area contributed by atoms with Crippen LogP contribution in [0.2, 0.25) is 0 Å². The van der Waals surface area contributed by atoms with Gasteiger partial charge in [-0.3, -0.25) is 4.79 Å². The smallest absolute Gasteiger partial charge is 0.244 e. The quantitative estimate of drug-likeness (QED) is 0.599. The minimum atomic E-state index is -4.32. The van der Waals surface area contributed by atoms with Crippen LogP contribution in [-0.2, 0) is 21.2 Å². The SMILES string of the molecule is Cc1ccc(NC(=O)C(Cc2ccccc2)NS(=O)(=O)c2ccccc2F)cc1F. The summed E-state index contributed by atoms with van der Waals surface area (Å²) < 4.78 is 55.5. The lowest BCUT2D eigenvalue weighted by atomic mass is 10.1. The molecule has 156 valence electrons. The number of aryl methyl sites for hydroxylation is 1. The van der Waals surface area contributed by atoms with Gasteiger partial charge in [0.15, 0.2) is 0 Å². The van der Waals surface area contributed by atoms with E-state index >= 15 is 0 Å². The maximum atomic E-state index is 14.0. The van der Waals surface area contributed by atoms with Gasteiger partial charge in [-0.25, -0.2) is 17.2 Å². The molecule has 3 aromatic rings. The van der Waals surface area contributed by atoms with Crippen molar-refractivity contribution in [2.45, 2.75) is 24.3 Å². The summed E-state index contributed by atoms with van der Waals surface area (Å²) in [4.78, 5) is 12.3. The zero-order valence-corrected chi connectivity index (χ0v) is 16.9. The van der Waals surface area contributed by atoms with Gasteiger partial charge in [-0.1, -0.05) is 48.5 Å². The minimum absolute atomic E-state index is 0.0225. The predicted octanol–water partition coefficient (Wildman–Crippen LogP) is 3.80. The van der Waals surface area contributed by atoms with Crippen LogP contribution in [0.3, 0.4) is 0 Å². The lowest BCUT2D eigenvalue weighted by Gasteiger charge is -2.19. The first-order chi connectivity index (χ1) is 14.3. The Bertz CT molecular complexity index is 1150. The van der Waals surface area contributed by atoms with E-state index in [0.29, 0.717) is 11.1 Å². The number of carbonyl (C=O) groups is 1. The Morgan fingerprint density at radius 3 is 2.27 bits per heavy atom. The number of hydrogen-bond donors (Lipinski definition) is 2. The molecule has 0 aliphatic heterocycles. The molecule has 5 nitrogen and oxygen atoms in total. The molecule has 0 radical (unpaired) electrons. The molecular formula is C22H20F2N2O3S. The standard InChI is InChI=1S/C22H20F2N2O3S/c1-15-11-12-17(14-19(15)24)25-22(27)20(13-16-7-3-2-4-8-16)26-30(28,29)21-10-6-5-9-18(21)23/h2-12,14,20,26H,13H2,1H3,(H,25,27). The molecule has 0 aliphatic carbocycles. The molecule has 0 aliphatic rings. The van der Waals surface area contributed by atoms with Crippen LogP contribution in [0.5, 0.6) is 0 Å². The number of amides is 1. The Kier molecular flexibility index (Phi) is 6.59. The molecular weight excluding hydrogens is 410 g/mol. The average molecular weight is 430 g/mol. The molecule has 8 heteroatoms. The van der Waals surface area contributed by atoms with Crippen LogP contribution in [0.1, 0.15) is 11.1 Å². The third-order valence-electron chi connectivity index (χ3n) is 4.46. The molecule has 1 amide bonds. The maximum absolute atomic E-state index is 14.0. The Balaban J connectivity index is 1.88. The van der Waals surface area contributed by atoms with Gasteiger partial charge in [0.05, 0.1) is 0 Å². The lowest BCUT2D eigenvalue weighted by Crippen LogP contribution is -2.45. The fourth-order valence-corrected chi connectivity index (χ4v) is 4.13. The first-order valence-corrected chi connectivity index (χ1v) is 10.6. The largest absolute Gasteiger partial charge is 0.325 e. The number of carbonyl (C=O) groups excluding carboxylic acids is 1. The molecule has 0 bridgehead atoms. The van der Waals surface area contributed by atoms with E-state index in [9.17, 15) is 22.0 Å². The number of nitrogens with one attached hydrogen (secondary N) is 2. The molecule has 1 unspecified atom stereocenters. The zero-order chi connectivity index (χ0) is 21.7. The molecule has 30 heavy (non-hydrogen) atoms. The maximum Gasteiger partial charge on any atom is 0.244 e. The molecule has 1 atom stereocenters. The topological polar surface area (TPSA) is 75.3 Å². The first-order valence-electron chi connectivity index (χ1n) is 9.14. The summed E-state index contributed by atoms with van der Waals surface area (Å²) in [7, 11) is -4.32. The summed E-state index contributed by atoms with van der Waals surface area (Å²) in [5.74, 6) is -2.12. The molecule has 0 spiro atoms. The summed E-state index contributed by atoms with van der Waals surface area (Å²) in [6.45, 7) is 1.58. The van der Waals surface area contributed by atoms with Crippen LogP contribution >= 0.6 is 0 Å². The van der Waals surface area contributed by atoms with Gasteiger partial charge in [0.2, 0.25) is 15.9 Å². The van der Waals surface area contributed by atoms with Gasteiger partial charge in [-0.15, -0.1) is 0 Å². The van der Waals surface area contributed by atoms with E-state index in [2.05, 4.69) is 10.0 Å². The Hall–Kier alpha value is -3.10. The minimum Gasteiger partial charge on any atom is -0.325 e. The van der Waals surface area contributed by atoms with E-state index in [-0.39, 0.29) is 12.1 Å². The van der Waals surface area contributed by atoms with Crippen LogP contribution in [0.4, 0.5) is 14.5 Å². The summed E-state index contributed by atoms with van der Waals surface area (Å²) in [6, 6.07) is 16.6. The highest BCUT2D eigenvalue weighted by Gasteiger charge is 2.28. The summed E-state index contributed by atoms with van der Waals surface area (Å²) in [5.41, 5.74) is 1.30. The number of hydrogen-bond acceptors (Lipinski definition) is 3. The van der Waals surface area contributed by atoms with Gasteiger partial charge >= 0.3 is 0 Å². The van der Waals surface area contributed by atoms with Crippen molar-refractivity contribution >= 4 is 21.6 Å². The van der Waals surface area contributed by atoms with E-state index in [0.717, 1.165) is 18.2 Å². The number of sulfonamides is 1. The summed E-state index contributed by atoms with van der Waals surface area (Å²) >= 11 is 0. The third kappa shape index (κ3) is 5.28. The molecule has 0 saturated carbocycles. The highest BCUT2D eigenvalue weighted by molar-refractivity contribution is 7.89. The number of anilines is 1. The van der Waals surface area contributed by atoms with Crippen LogP contribution < -0.4 is 10.0 Å². The first kappa shape index (κ1) is 21.6. The number of halogens is 2. The van der Waals surface area contributed by atoms with Crippen molar-refractivity contribution in [2.24, 2.45) is 0 Å². The van der Waals surface area contributed by atoms with Crippen LogP contribution in [-0.4, -0.2) is 20.4 Å². The van der Waals surface area contributed by atoms with Gasteiger partial charge < -0.3 is 5.32 Å². The van der Waals surface area contributed by atoms with E-state index in [4.69, 9.17) is 0 Å². The van der Waals surface area contributed by atoms with E-state index in [1.165, 1.54) is 24.3 Å². The van der Waals surface area contributed by atoms with E-state index < -0.39 is 38.5 Å². The number of rotatable bonds is 7. The normalized spacial score (nSPS) is 12.4. The fourth-order valence-electron chi connectivity index (χ4n) is 2.85. The van der Waals surface area contributed by atoms with Gasteiger partial charge in [0.25, 0.3) is 0 Å². The van der Waals surface area contributed by atoms with Crippen molar-refractivity contribution in [1.29, 1.82) is 0 Å². The van der Waals surface area contributed by atoms with Crippen molar-refractivity contribution in [3.8, 4) is 0 Å². The average Bonchev–Trinajstić information content (AvgIpc) is 2.71. The van der Waals surface area contributed by atoms with Crippen molar-refractivity contribution in [1.82, 2.24) is 4.72 Å². The molecule has 0 heterocycles. The molecule has 2 N–H and O–H groups in total. The van der Waals surface area contributed by atoms with E-state index in [1.807, 2.05) is 0 Å². The van der Waals surface area contributed by atoms with Crippen LogP contribution in [0, 0.1) is 18.6 Å². The molecule has 0 aromatic heterocycles. The molecule has 3 aromatic carbocycles. The molecule has 3 rings (SSSR count). The summed E-state index contributed by atoms with van der Waals surface area (Å²) in [5, 5.41) is 2.52. The van der Waals surface area contributed by atoms with Crippen LogP contribution in [0.15, 0.2) is 77.7 Å². The van der Waals surface area contributed by atoms with Gasteiger partial charge in [-0.05, 0) is 48.7 Å². The molecule has 0 fully saturated rings. The van der Waals surface area contributed by atoms with Gasteiger partial charge in [0.1, 0.15) is 22.6 Å². The number of benzene rings is 3. The van der Waals surface area contributed by atoms with E-state index in [1.54, 1.807) is 37.3 Å². The van der Waals surface area contributed by atoms with Crippen molar-refractivity contribution in [3.63, 3.8) is 0 Å². The second-order valence-corrected chi connectivity index (χ2v) is 8.43. The second kappa shape index (κ2) is 9.15. The predicted molar refractivity (Wildman–Crippen MR) is 110 cm³/mol. The molecule has 0 saturated heterocycles. The second-order valence-electron chi connectivity index (χ2n) is 6.75. The lowest BCUT2D eigenvalue weighted by molar-refractivity contribution is -0.117. The third-order valence-corrected chi connectivity index (χ3v) is 5.97. The Morgan fingerprint density at radius 2 is 1.60 bits per heavy atom. The van der Waals surface area contributed by atoms with Crippen LogP contribution in [0.25, 0.3) is 0 Å². The highest BCUT2D eigenvalue weighted by Crippen LogP contribution is 2.17.